The van der Waals surface area contributed by atoms with Crippen molar-refractivity contribution >= 4 is 33.6 Å². The van der Waals surface area contributed by atoms with Gasteiger partial charge >= 0.3 is 5.97 Å². The monoisotopic (exact) mass is 338 g/mol. The normalized spacial score (nSPS) is 11.3. The quantitative estimate of drug-likeness (QED) is 0.716. The standard InChI is InChI=1S/C20H22N2O3/c1-13(2)12-22(10-9-19(23)24)20(25)18-11-16-15-6-4-3-5-14(15)7-8-17(16)21-18/h3-8,11,13,21H,9-10,12H2,1-2H3,(H,23,24). The third kappa shape index (κ3) is 3.65. The molecule has 3 aromatic rings. The molecular formula is C20H22N2O3. The number of benzene rings is 2. The lowest BCUT2D eigenvalue weighted by Crippen LogP contribution is -2.36. The van der Waals surface area contributed by atoms with Gasteiger partial charge in [0.1, 0.15) is 5.69 Å². The number of carbonyl (C=O) groups excluding carboxylic acids is 1. The van der Waals surface area contributed by atoms with Crippen LogP contribution in [0.5, 0.6) is 0 Å². The number of hydrogen-bond donors (Lipinski definition) is 2. The molecule has 0 saturated carbocycles. The molecule has 5 heteroatoms. The number of aromatic amines is 1. The summed E-state index contributed by atoms with van der Waals surface area (Å²) in [6.45, 7) is 4.77. The second kappa shape index (κ2) is 6.97. The van der Waals surface area contributed by atoms with Crippen molar-refractivity contribution in [2.45, 2.75) is 20.3 Å². The van der Waals surface area contributed by atoms with Crippen LogP contribution in [0, 0.1) is 5.92 Å². The molecule has 1 aromatic heterocycles. The van der Waals surface area contributed by atoms with Gasteiger partial charge in [-0.3, -0.25) is 9.59 Å². The Hall–Kier alpha value is -2.82. The minimum absolute atomic E-state index is 0.0539. The van der Waals surface area contributed by atoms with Crippen LogP contribution in [-0.2, 0) is 4.79 Å². The van der Waals surface area contributed by atoms with Crippen molar-refractivity contribution in [2.24, 2.45) is 5.92 Å². The predicted molar refractivity (Wildman–Crippen MR) is 98.8 cm³/mol. The predicted octanol–water partition coefficient (Wildman–Crippen LogP) is 3.89. The molecule has 0 fully saturated rings. The summed E-state index contributed by atoms with van der Waals surface area (Å²) in [5.41, 5.74) is 1.40. The number of carboxylic acids is 1. The van der Waals surface area contributed by atoms with Crippen molar-refractivity contribution in [3.63, 3.8) is 0 Å². The minimum Gasteiger partial charge on any atom is -0.481 e. The third-order valence-electron chi connectivity index (χ3n) is 4.23. The van der Waals surface area contributed by atoms with E-state index >= 15 is 0 Å². The SMILES string of the molecule is CC(C)CN(CCC(=O)O)C(=O)c1cc2c(ccc3ccccc32)[nH]1. The molecule has 0 aliphatic rings. The lowest BCUT2D eigenvalue weighted by atomic mass is 10.1. The average molecular weight is 338 g/mol. The van der Waals surface area contributed by atoms with Gasteiger partial charge in [-0.25, -0.2) is 0 Å². The molecule has 2 N–H and O–H groups in total. The highest BCUT2D eigenvalue weighted by Gasteiger charge is 2.20. The van der Waals surface area contributed by atoms with Gasteiger partial charge in [0.05, 0.1) is 6.42 Å². The van der Waals surface area contributed by atoms with E-state index in [0.29, 0.717) is 12.2 Å². The second-order valence-corrected chi connectivity index (χ2v) is 6.72. The summed E-state index contributed by atoms with van der Waals surface area (Å²) in [7, 11) is 0. The zero-order chi connectivity index (χ0) is 18.0. The van der Waals surface area contributed by atoms with E-state index < -0.39 is 5.97 Å². The Morgan fingerprint density at radius 3 is 2.60 bits per heavy atom. The molecule has 0 aliphatic carbocycles. The van der Waals surface area contributed by atoms with Gasteiger partial charge in [-0.15, -0.1) is 0 Å². The zero-order valence-corrected chi connectivity index (χ0v) is 14.5. The van der Waals surface area contributed by atoms with Crippen LogP contribution in [0.1, 0.15) is 30.8 Å². The smallest absolute Gasteiger partial charge is 0.305 e. The van der Waals surface area contributed by atoms with Crippen molar-refractivity contribution < 1.29 is 14.7 Å². The van der Waals surface area contributed by atoms with Crippen LogP contribution >= 0.6 is 0 Å². The van der Waals surface area contributed by atoms with Crippen LogP contribution in [0.3, 0.4) is 0 Å². The number of hydrogen-bond acceptors (Lipinski definition) is 2. The summed E-state index contributed by atoms with van der Waals surface area (Å²) >= 11 is 0. The molecule has 0 bridgehead atoms. The molecule has 3 rings (SSSR count). The fourth-order valence-electron chi connectivity index (χ4n) is 3.12. The second-order valence-electron chi connectivity index (χ2n) is 6.72. The van der Waals surface area contributed by atoms with Crippen molar-refractivity contribution in [3.8, 4) is 0 Å². The lowest BCUT2D eigenvalue weighted by Gasteiger charge is -2.23. The zero-order valence-electron chi connectivity index (χ0n) is 14.5. The van der Waals surface area contributed by atoms with E-state index in [1.165, 1.54) is 0 Å². The van der Waals surface area contributed by atoms with Crippen LogP contribution in [-0.4, -0.2) is 40.0 Å². The van der Waals surface area contributed by atoms with Crippen LogP contribution in [0.4, 0.5) is 0 Å². The van der Waals surface area contributed by atoms with Gasteiger partial charge in [0.25, 0.3) is 5.91 Å². The summed E-state index contributed by atoms with van der Waals surface area (Å²) in [6, 6.07) is 13.9. The molecule has 0 spiro atoms. The van der Waals surface area contributed by atoms with Gasteiger partial charge in [-0.1, -0.05) is 44.2 Å². The summed E-state index contributed by atoms with van der Waals surface area (Å²) in [4.78, 5) is 28.6. The van der Waals surface area contributed by atoms with E-state index in [-0.39, 0.29) is 24.8 Å². The van der Waals surface area contributed by atoms with Crippen molar-refractivity contribution in [2.75, 3.05) is 13.1 Å². The van der Waals surface area contributed by atoms with Crippen LogP contribution < -0.4 is 0 Å². The number of H-pyrrole nitrogens is 1. The molecule has 0 aliphatic heterocycles. The number of amides is 1. The molecule has 2 aromatic carbocycles. The van der Waals surface area contributed by atoms with Gasteiger partial charge < -0.3 is 15.0 Å². The summed E-state index contributed by atoms with van der Waals surface area (Å²) < 4.78 is 0. The first-order chi connectivity index (χ1) is 12.0. The van der Waals surface area contributed by atoms with E-state index in [2.05, 4.69) is 4.98 Å². The van der Waals surface area contributed by atoms with E-state index in [1.807, 2.05) is 56.3 Å². The molecule has 130 valence electrons. The highest BCUT2D eigenvalue weighted by molar-refractivity contribution is 6.09. The number of carbonyl (C=O) groups is 2. The van der Waals surface area contributed by atoms with E-state index in [0.717, 1.165) is 21.7 Å². The maximum absolute atomic E-state index is 12.9. The summed E-state index contributed by atoms with van der Waals surface area (Å²) in [5.74, 6) is -0.789. The topological polar surface area (TPSA) is 73.4 Å². The number of aliphatic carboxylic acids is 1. The van der Waals surface area contributed by atoms with Crippen LogP contribution in [0.2, 0.25) is 0 Å². The average Bonchev–Trinajstić information content (AvgIpc) is 3.02. The fraction of sp³-hybridized carbons (Fsp3) is 0.300. The van der Waals surface area contributed by atoms with E-state index in [1.54, 1.807) is 4.90 Å². The Bertz CT molecular complexity index is 927. The van der Waals surface area contributed by atoms with Crippen LogP contribution in [0.25, 0.3) is 21.7 Å². The molecule has 1 heterocycles. The van der Waals surface area contributed by atoms with Gasteiger partial charge in [-0.2, -0.15) is 0 Å². The largest absolute Gasteiger partial charge is 0.481 e. The number of nitrogens with zero attached hydrogens (tertiary/aromatic N) is 1. The molecule has 1 amide bonds. The number of aromatic nitrogens is 1. The van der Waals surface area contributed by atoms with Gasteiger partial charge in [0.2, 0.25) is 0 Å². The molecule has 0 saturated heterocycles. The Morgan fingerprint density at radius 1 is 1.12 bits per heavy atom. The maximum atomic E-state index is 12.9. The Balaban J connectivity index is 1.96. The van der Waals surface area contributed by atoms with Crippen molar-refractivity contribution in [3.05, 3.63) is 48.2 Å². The molecule has 25 heavy (non-hydrogen) atoms. The highest BCUT2D eigenvalue weighted by atomic mass is 16.4. The first kappa shape index (κ1) is 17.0. The highest BCUT2D eigenvalue weighted by Crippen LogP contribution is 2.26. The Labute approximate surface area is 146 Å². The summed E-state index contributed by atoms with van der Waals surface area (Å²) in [5, 5.41) is 12.2. The first-order valence-corrected chi connectivity index (χ1v) is 8.47. The molecule has 5 nitrogen and oxygen atoms in total. The molecule has 0 unspecified atom stereocenters. The van der Waals surface area contributed by atoms with Gasteiger partial charge in [0.15, 0.2) is 0 Å². The Morgan fingerprint density at radius 2 is 1.88 bits per heavy atom. The summed E-state index contributed by atoms with van der Waals surface area (Å²) in [6.07, 6.45) is -0.0539. The maximum Gasteiger partial charge on any atom is 0.305 e. The van der Waals surface area contributed by atoms with Crippen molar-refractivity contribution in [1.29, 1.82) is 0 Å². The number of nitrogens with one attached hydrogen (secondary N) is 1. The van der Waals surface area contributed by atoms with Crippen LogP contribution in [0.15, 0.2) is 42.5 Å². The lowest BCUT2D eigenvalue weighted by molar-refractivity contribution is -0.137. The Kier molecular flexibility index (Phi) is 4.74. The van der Waals surface area contributed by atoms with Gasteiger partial charge in [-0.05, 0) is 28.8 Å². The van der Waals surface area contributed by atoms with E-state index in [4.69, 9.17) is 5.11 Å². The molecular weight excluding hydrogens is 316 g/mol. The molecule has 0 atom stereocenters. The number of rotatable bonds is 6. The number of fused-ring (bicyclic) bond motifs is 3. The third-order valence-corrected chi connectivity index (χ3v) is 4.23. The van der Waals surface area contributed by atoms with E-state index in [9.17, 15) is 9.59 Å². The molecule has 0 radical (unpaired) electrons. The number of carboxylic acid groups (broad SMARTS) is 1. The first-order valence-electron chi connectivity index (χ1n) is 8.47. The van der Waals surface area contributed by atoms with Gasteiger partial charge in [0, 0.05) is 24.0 Å². The van der Waals surface area contributed by atoms with Crippen molar-refractivity contribution in [1.82, 2.24) is 9.88 Å². The fourth-order valence-corrected chi connectivity index (χ4v) is 3.12. The minimum atomic E-state index is -0.899.